The van der Waals surface area contributed by atoms with Crippen LogP contribution in [0, 0.1) is 0 Å². The molecule has 0 unspecified atom stereocenters. The number of anilines is 1. The van der Waals surface area contributed by atoms with Gasteiger partial charge in [-0.3, -0.25) is 19.3 Å². The van der Waals surface area contributed by atoms with Gasteiger partial charge in [0.1, 0.15) is 18.1 Å². The third kappa shape index (κ3) is 5.75. The Morgan fingerprint density at radius 3 is 2.45 bits per heavy atom. The number of hydrogen-bond donors (Lipinski definition) is 1. The van der Waals surface area contributed by atoms with Crippen molar-refractivity contribution in [3.63, 3.8) is 0 Å². The molecule has 0 saturated carbocycles. The van der Waals surface area contributed by atoms with Gasteiger partial charge in [0.05, 0.1) is 5.52 Å². The van der Waals surface area contributed by atoms with Gasteiger partial charge in [-0.2, -0.15) is 0 Å². The average Bonchev–Trinajstić information content (AvgIpc) is 3.30. The van der Waals surface area contributed by atoms with Crippen LogP contribution in [0.2, 0.25) is 5.02 Å². The van der Waals surface area contributed by atoms with E-state index in [2.05, 4.69) is 15.6 Å². The van der Waals surface area contributed by atoms with Crippen molar-refractivity contribution in [3.8, 4) is 0 Å². The predicted octanol–water partition coefficient (Wildman–Crippen LogP) is 5.37. The molecule has 9 heteroatoms. The van der Waals surface area contributed by atoms with E-state index in [4.69, 9.17) is 11.6 Å². The Hall–Kier alpha value is -4.04. The number of rotatable bonds is 9. The molecule has 196 valence electrons. The fourth-order valence-electron chi connectivity index (χ4n) is 4.13. The Labute approximate surface area is 226 Å². The van der Waals surface area contributed by atoms with Gasteiger partial charge in [0.2, 0.25) is 11.8 Å². The fraction of sp³-hybridized carbons (Fsp3) is 0.276. The lowest BCUT2D eigenvalue weighted by Gasteiger charge is -2.35. The van der Waals surface area contributed by atoms with Crippen molar-refractivity contribution in [1.82, 2.24) is 20.3 Å². The molecule has 0 bridgehead atoms. The molecule has 38 heavy (non-hydrogen) atoms. The number of nitrogens with one attached hydrogen (secondary N) is 1. The third-order valence-corrected chi connectivity index (χ3v) is 6.90. The predicted molar refractivity (Wildman–Crippen MR) is 148 cm³/mol. The molecule has 3 aromatic carbocycles. The maximum atomic E-state index is 14.1. The number of carbonyl (C=O) groups is 3. The van der Waals surface area contributed by atoms with E-state index in [0.717, 1.165) is 0 Å². The van der Waals surface area contributed by atoms with Crippen LogP contribution in [0.25, 0.3) is 11.0 Å². The molecule has 0 radical (unpaired) electrons. The summed E-state index contributed by atoms with van der Waals surface area (Å²) in [5.41, 5.74) is 2.07. The number of carbonyl (C=O) groups excluding carboxylic acids is 3. The van der Waals surface area contributed by atoms with Crippen LogP contribution < -0.4 is 10.2 Å². The lowest BCUT2D eigenvalue weighted by molar-refractivity contribution is -0.128. The van der Waals surface area contributed by atoms with E-state index < -0.39 is 23.4 Å². The van der Waals surface area contributed by atoms with Gasteiger partial charge in [0, 0.05) is 27.4 Å². The highest BCUT2D eigenvalue weighted by atomic mass is 35.5. The molecule has 0 spiro atoms. The maximum absolute atomic E-state index is 14.1. The zero-order valence-electron chi connectivity index (χ0n) is 21.8. The van der Waals surface area contributed by atoms with Gasteiger partial charge in [-0.15, -0.1) is 5.10 Å². The zero-order chi connectivity index (χ0) is 27.4. The van der Waals surface area contributed by atoms with E-state index in [1.807, 2.05) is 45.0 Å². The van der Waals surface area contributed by atoms with Gasteiger partial charge in [0.25, 0.3) is 0 Å². The molecule has 0 fully saturated rings. The van der Waals surface area contributed by atoms with Crippen LogP contribution in [0.4, 0.5) is 5.69 Å². The lowest BCUT2D eigenvalue weighted by atomic mass is 9.98. The van der Waals surface area contributed by atoms with Crippen LogP contribution in [0.1, 0.15) is 56.1 Å². The molecule has 0 aliphatic heterocycles. The number of fused-ring (bicyclic) bond motifs is 1. The van der Waals surface area contributed by atoms with Crippen molar-refractivity contribution >= 4 is 45.9 Å². The van der Waals surface area contributed by atoms with Gasteiger partial charge >= 0.3 is 0 Å². The Morgan fingerprint density at radius 2 is 1.74 bits per heavy atom. The Morgan fingerprint density at radius 1 is 1.03 bits per heavy atom. The van der Waals surface area contributed by atoms with E-state index in [9.17, 15) is 14.4 Å². The maximum Gasteiger partial charge on any atom is 0.249 e. The standard InChI is InChI=1S/C29H30ClN5O3/c1-5-29(3,4)31-28(38)27(22-13-6-7-14-23(22)30)35(21-12-10-11-20(17-21)19(2)36)26(37)18-34-25-16-9-8-15-24(25)32-33-34/h6-17,27H,5,18H2,1-4H3,(H,31,38)/t27-/m0/s1. The van der Waals surface area contributed by atoms with E-state index in [0.29, 0.717) is 39.3 Å². The van der Waals surface area contributed by atoms with Gasteiger partial charge < -0.3 is 5.32 Å². The first kappa shape index (κ1) is 27.0. The number of benzene rings is 3. The van der Waals surface area contributed by atoms with Crippen LogP contribution in [0.15, 0.2) is 72.8 Å². The Bertz CT molecular complexity index is 1500. The van der Waals surface area contributed by atoms with Crippen LogP contribution in [0.5, 0.6) is 0 Å². The number of halogens is 1. The van der Waals surface area contributed by atoms with Gasteiger partial charge in [-0.1, -0.05) is 66.2 Å². The molecule has 0 aliphatic carbocycles. The number of aromatic nitrogens is 3. The highest BCUT2D eigenvalue weighted by molar-refractivity contribution is 6.31. The quantitative estimate of drug-likeness (QED) is 0.293. The average molecular weight is 532 g/mol. The molecule has 8 nitrogen and oxygen atoms in total. The summed E-state index contributed by atoms with van der Waals surface area (Å²) in [7, 11) is 0. The largest absolute Gasteiger partial charge is 0.349 e. The summed E-state index contributed by atoms with van der Waals surface area (Å²) in [6, 6.07) is 19.8. The number of amides is 2. The van der Waals surface area contributed by atoms with Crippen molar-refractivity contribution in [2.75, 3.05) is 4.90 Å². The summed E-state index contributed by atoms with van der Waals surface area (Å²) in [5.74, 6) is -0.974. The van der Waals surface area contributed by atoms with Crippen molar-refractivity contribution in [3.05, 3.63) is 88.9 Å². The molecule has 4 aromatic rings. The molecule has 2 amide bonds. The molecule has 1 atom stereocenters. The molecular formula is C29H30ClN5O3. The summed E-state index contributed by atoms with van der Waals surface area (Å²) in [6.07, 6.45) is 0.673. The van der Waals surface area contributed by atoms with Crippen LogP contribution >= 0.6 is 11.6 Å². The van der Waals surface area contributed by atoms with Gasteiger partial charge in [-0.05, 0) is 57.5 Å². The normalized spacial score (nSPS) is 12.2. The van der Waals surface area contributed by atoms with E-state index in [1.54, 1.807) is 48.5 Å². The topological polar surface area (TPSA) is 97.2 Å². The molecule has 4 rings (SSSR count). The summed E-state index contributed by atoms with van der Waals surface area (Å²) in [5, 5.41) is 11.7. The molecule has 0 saturated heterocycles. The van der Waals surface area contributed by atoms with E-state index in [-0.39, 0.29) is 12.3 Å². The first-order valence-corrected chi connectivity index (χ1v) is 12.8. The van der Waals surface area contributed by atoms with Crippen molar-refractivity contribution < 1.29 is 14.4 Å². The minimum atomic E-state index is -1.11. The zero-order valence-corrected chi connectivity index (χ0v) is 22.6. The van der Waals surface area contributed by atoms with Crippen molar-refractivity contribution in [1.29, 1.82) is 0 Å². The van der Waals surface area contributed by atoms with Crippen LogP contribution in [-0.4, -0.2) is 38.1 Å². The lowest BCUT2D eigenvalue weighted by Crippen LogP contribution is -2.51. The first-order valence-electron chi connectivity index (χ1n) is 12.4. The van der Waals surface area contributed by atoms with Crippen molar-refractivity contribution in [2.45, 2.75) is 52.2 Å². The second-order valence-electron chi connectivity index (χ2n) is 9.76. The number of Topliss-reactive ketones (excluding diaryl/α,β-unsaturated/α-hetero) is 1. The Balaban J connectivity index is 1.88. The van der Waals surface area contributed by atoms with Crippen LogP contribution in [0.3, 0.4) is 0 Å². The first-order chi connectivity index (χ1) is 18.1. The summed E-state index contributed by atoms with van der Waals surface area (Å²) in [6.45, 7) is 7.07. The smallest absolute Gasteiger partial charge is 0.249 e. The number of para-hydroxylation sites is 1. The highest BCUT2D eigenvalue weighted by Crippen LogP contribution is 2.33. The Kier molecular flexibility index (Phi) is 7.92. The molecular weight excluding hydrogens is 502 g/mol. The van der Waals surface area contributed by atoms with Crippen molar-refractivity contribution in [2.24, 2.45) is 0 Å². The van der Waals surface area contributed by atoms with E-state index in [1.165, 1.54) is 16.5 Å². The highest BCUT2D eigenvalue weighted by Gasteiger charge is 2.36. The minimum Gasteiger partial charge on any atom is -0.349 e. The molecule has 1 heterocycles. The van der Waals surface area contributed by atoms with Gasteiger partial charge in [-0.25, -0.2) is 4.68 Å². The SMILES string of the molecule is CCC(C)(C)NC(=O)[C@H](c1ccccc1Cl)N(C(=O)Cn1nnc2ccccc21)c1cccc(C(C)=O)c1. The molecule has 1 N–H and O–H groups in total. The van der Waals surface area contributed by atoms with Crippen LogP contribution in [-0.2, 0) is 16.1 Å². The molecule has 1 aromatic heterocycles. The number of ketones is 1. The fourth-order valence-corrected chi connectivity index (χ4v) is 4.37. The third-order valence-electron chi connectivity index (χ3n) is 6.56. The summed E-state index contributed by atoms with van der Waals surface area (Å²) in [4.78, 5) is 41.7. The number of nitrogens with zero attached hydrogens (tertiary/aromatic N) is 4. The molecule has 0 aliphatic rings. The number of hydrogen-bond acceptors (Lipinski definition) is 5. The second-order valence-corrected chi connectivity index (χ2v) is 10.2. The minimum absolute atomic E-state index is 0.160. The summed E-state index contributed by atoms with van der Waals surface area (Å²) < 4.78 is 1.50. The van der Waals surface area contributed by atoms with Gasteiger partial charge in [0.15, 0.2) is 5.78 Å². The van der Waals surface area contributed by atoms with E-state index >= 15 is 0 Å². The summed E-state index contributed by atoms with van der Waals surface area (Å²) >= 11 is 6.61. The monoisotopic (exact) mass is 531 g/mol. The second kappa shape index (κ2) is 11.1.